The van der Waals surface area contributed by atoms with Crippen LogP contribution in [0.1, 0.15) is 0 Å². The molecule has 3 atom stereocenters. The molecule has 0 aliphatic rings. The smallest absolute Gasteiger partial charge is 0.272 e. The van der Waals surface area contributed by atoms with E-state index in [1.54, 1.807) is 4.74 Å². The molecule has 0 heterocycles. The summed E-state index contributed by atoms with van der Waals surface area (Å²) < 4.78 is 241. The van der Waals surface area contributed by atoms with E-state index >= 15 is 0 Å². The molecule has 0 aromatic carbocycles. The lowest BCUT2D eigenvalue weighted by Crippen LogP contribution is -2.68. The van der Waals surface area contributed by atoms with Gasteiger partial charge in [0.2, 0.25) is 0 Å². The Bertz CT molecular complexity index is 615. The van der Waals surface area contributed by atoms with E-state index in [9.17, 15) is 83.4 Å². The fourth-order valence-electron chi connectivity index (χ4n) is 1.24. The molecule has 0 aromatic rings. The van der Waals surface area contributed by atoms with Crippen LogP contribution < -0.4 is 0 Å². The van der Waals surface area contributed by atoms with Crippen molar-refractivity contribution in [2.75, 3.05) is 0 Å². The topological polar surface area (TPSA) is 27.7 Å². The van der Waals surface area contributed by atoms with Gasteiger partial charge in [0.15, 0.2) is 0 Å². The zero-order chi connectivity index (χ0) is 25.7. The van der Waals surface area contributed by atoms with Crippen molar-refractivity contribution < 1.29 is 97.6 Å². The summed E-state index contributed by atoms with van der Waals surface area (Å²) in [5.74, 6) is -15.9. The van der Waals surface area contributed by atoms with Crippen LogP contribution in [0.3, 0.4) is 0 Å². The molecule has 0 bridgehead atoms. The van der Waals surface area contributed by atoms with Crippen LogP contribution in [0.15, 0.2) is 0 Å². The zero-order valence-corrected chi connectivity index (χ0v) is 13.0. The standard InChI is InChI=1S/C9HF19O3/c10-1(2(11,12)13)29-7(22,23)3(14,5(16,17)18)30-8(24,25)4(15,6(19,20)21)31-9(26,27)28/h1H. The van der Waals surface area contributed by atoms with E-state index in [1.807, 2.05) is 0 Å². The minimum Gasteiger partial charge on any atom is -0.272 e. The Labute approximate surface area is 154 Å². The zero-order valence-electron chi connectivity index (χ0n) is 13.0. The van der Waals surface area contributed by atoms with Gasteiger partial charge in [-0.05, 0) is 0 Å². The molecule has 188 valence electrons. The highest BCUT2D eigenvalue weighted by atomic mass is 19.4. The predicted octanol–water partition coefficient (Wildman–Crippen LogP) is 6.06. The largest absolute Gasteiger partial charge is 0.525 e. The first-order valence-electron chi connectivity index (χ1n) is 6.16. The number of hydrogen-bond donors (Lipinski definition) is 0. The molecule has 0 radical (unpaired) electrons. The highest BCUT2D eigenvalue weighted by Gasteiger charge is 2.85. The highest BCUT2D eigenvalue weighted by molar-refractivity contribution is 4.94. The second kappa shape index (κ2) is 7.85. The maximum atomic E-state index is 13.6. The first-order valence-corrected chi connectivity index (χ1v) is 6.16. The molecule has 31 heavy (non-hydrogen) atoms. The summed E-state index contributed by atoms with van der Waals surface area (Å²) in [6.07, 6.45) is -51.1. The molecule has 0 saturated carbocycles. The molecule has 0 aliphatic heterocycles. The third-order valence-electron chi connectivity index (χ3n) is 2.51. The monoisotopic (exact) mass is 518 g/mol. The lowest BCUT2D eigenvalue weighted by molar-refractivity contribution is -0.571. The first kappa shape index (κ1) is 29.5. The van der Waals surface area contributed by atoms with Crippen LogP contribution in [0.4, 0.5) is 83.4 Å². The summed E-state index contributed by atoms with van der Waals surface area (Å²) in [4.78, 5) is 0. The fourth-order valence-corrected chi connectivity index (χ4v) is 1.24. The van der Waals surface area contributed by atoms with Crippen LogP contribution in [-0.4, -0.2) is 55.2 Å². The first-order chi connectivity index (χ1) is 13.0. The average Bonchev–Trinajstić information content (AvgIpc) is 2.40. The molecule has 0 saturated heterocycles. The molecular weight excluding hydrogens is 517 g/mol. The number of hydrogen-bond acceptors (Lipinski definition) is 3. The van der Waals surface area contributed by atoms with Crippen molar-refractivity contribution in [2.45, 2.75) is 55.2 Å². The average molecular weight is 518 g/mol. The van der Waals surface area contributed by atoms with Gasteiger partial charge >= 0.3 is 48.8 Å². The summed E-state index contributed by atoms with van der Waals surface area (Å²) >= 11 is 0. The van der Waals surface area contributed by atoms with E-state index in [-0.39, 0.29) is 0 Å². The normalized spacial score (nSPS) is 20.2. The van der Waals surface area contributed by atoms with Gasteiger partial charge in [0.1, 0.15) is 0 Å². The van der Waals surface area contributed by atoms with Crippen molar-refractivity contribution >= 4 is 0 Å². The minimum atomic E-state index is -8.08. The van der Waals surface area contributed by atoms with Crippen LogP contribution >= 0.6 is 0 Å². The summed E-state index contributed by atoms with van der Waals surface area (Å²) in [7, 11) is 0. The van der Waals surface area contributed by atoms with Crippen molar-refractivity contribution in [3.63, 3.8) is 0 Å². The Morgan fingerprint density at radius 3 is 1.03 bits per heavy atom. The highest BCUT2D eigenvalue weighted by Crippen LogP contribution is 2.56. The molecule has 0 aromatic heterocycles. The minimum absolute atomic E-state index is 1.22. The lowest BCUT2D eigenvalue weighted by Gasteiger charge is -2.40. The van der Waals surface area contributed by atoms with Gasteiger partial charge in [-0.2, -0.15) is 65.9 Å². The van der Waals surface area contributed by atoms with Gasteiger partial charge in [-0.1, -0.05) is 0 Å². The Hall–Kier alpha value is -1.45. The van der Waals surface area contributed by atoms with E-state index in [1.165, 1.54) is 9.47 Å². The molecule has 0 rings (SSSR count). The number of halogens is 19. The van der Waals surface area contributed by atoms with E-state index in [0.717, 1.165) is 0 Å². The fraction of sp³-hybridized carbons (Fsp3) is 1.00. The second-order valence-electron chi connectivity index (χ2n) is 4.84. The van der Waals surface area contributed by atoms with Crippen LogP contribution in [-0.2, 0) is 14.2 Å². The number of ether oxygens (including phenoxy) is 3. The van der Waals surface area contributed by atoms with Gasteiger partial charge < -0.3 is 0 Å². The molecule has 0 aliphatic carbocycles. The summed E-state index contributed by atoms with van der Waals surface area (Å²) in [5, 5.41) is 0. The van der Waals surface area contributed by atoms with Crippen molar-refractivity contribution in [3.8, 4) is 0 Å². The van der Waals surface area contributed by atoms with E-state index < -0.39 is 55.2 Å². The van der Waals surface area contributed by atoms with Crippen molar-refractivity contribution in [1.29, 1.82) is 0 Å². The van der Waals surface area contributed by atoms with Crippen LogP contribution in [0.2, 0.25) is 0 Å². The van der Waals surface area contributed by atoms with E-state index in [0.29, 0.717) is 0 Å². The SMILES string of the molecule is FC(OC(F)(F)C(F)(OC(F)(F)C(F)(OC(F)(F)F)C(F)(F)F)C(F)(F)F)C(F)(F)F. The molecule has 3 unspecified atom stereocenters. The number of alkyl halides is 19. The summed E-state index contributed by atoms with van der Waals surface area (Å²) in [6, 6.07) is 0. The van der Waals surface area contributed by atoms with E-state index in [4.69, 9.17) is 0 Å². The van der Waals surface area contributed by atoms with Crippen molar-refractivity contribution in [1.82, 2.24) is 0 Å². The van der Waals surface area contributed by atoms with Crippen LogP contribution in [0.25, 0.3) is 0 Å². The van der Waals surface area contributed by atoms with Gasteiger partial charge in [-0.3, -0.25) is 9.47 Å². The Morgan fingerprint density at radius 2 is 0.774 bits per heavy atom. The molecule has 0 spiro atoms. The van der Waals surface area contributed by atoms with Crippen LogP contribution in [0.5, 0.6) is 0 Å². The summed E-state index contributed by atoms with van der Waals surface area (Å²) in [5.41, 5.74) is 0. The molecule has 0 N–H and O–H groups in total. The van der Waals surface area contributed by atoms with Crippen molar-refractivity contribution in [3.05, 3.63) is 0 Å². The molecule has 22 heteroatoms. The Balaban J connectivity index is 6.58. The van der Waals surface area contributed by atoms with E-state index in [2.05, 4.69) is 0 Å². The quantitative estimate of drug-likeness (QED) is 0.384. The molecule has 0 fully saturated rings. The van der Waals surface area contributed by atoms with Gasteiger partial charge in [-0.15, -0.1) is 13.2 Å². The third-order valence-corrected chi connectivity index (χ3v) is 2.51. The van der Waals surface area contributed by atoms with Crippen LogP contribution in [0, 0.1) is 0 Å². The molecular formula is C9HF19O3. The second-order valence-corrected chi connectivity index (χ2v) is 4.84. The van der Waals surface area contributed by atoms with Gasteiger partial charge in [0.05, 0.1) is 0 Å². The third kappa shape index (κ3) is 6.08. The maximum Gasteiger partial charge on any atom is 0.525 e. The summed E-state index contributed by atoms with van der Waals surface area (Å²) in [6.45, 7) is 0. The van der Waals surface area contributed by atoms with Gasteiger partial charge in [0, 0.05) is 0 Å². The van der Waals surface area contributed by atoms with Gasteiger partial charge in [-0.25, -0.2) is 9.13 Å². The Morgan fingerprint density at radius 1 is 0.452 bits per heavy atom. The maximum absolute atomic E-state index is 13.6. The number of rotatable bonds is 7. The lowest BCUT2D eigenvalue weighted by atomic mass is 10.2. The van der Waals surface area contributed by atoms with Gasteiger partial charge in [0.25, 0.3) is 6.36 Å². The Kier molecular flexibility index (Phi) is 7.48. The predicted molar refractivity (Wildman–Crippen MR) is 49.9 cm³/mol. The molecule has 0 amide bonds. The molecule has 3 nitrogen and oxygen atoms in total. The van der Waals surface area contributed by atoms with Crippen molar-refractivity contribution in [2.24, 2.45) is 0 Å².